The molecule has 3 N–H and O–H groups in total. The lowest BCUT2D eigenvalue weighted by Crippen LogP contribution is -2.62. The number of halogens is 1. The summed E-state index contributed by atoms with van der Waals surface area (Å²) in [5.74, 6) is -0.381. The average molecular weight is 411 g/mol. The SMILES string of the molecule is CC(C)(C)OC(=O)N1CC2(CCN(CCNSc3ccc(N)c(F)c3)CC2)C1. The molecular formula is C20H31FN4O2S. The minimum absolute atomic E-state index is 0.174. The zero-order valence-electron chi connectivity index (χ0n) is 17.0. The first-order valence-electron chi connectivity index (χ1n) is 9.81. The Balaban J connectivity index is 1.32. The van der Waals surface area contributed by atoms with E-state index in [1.165, 1.54) is 18.0 Å². The Morgan fingerprint density at radius 1 is 1.32 bits per heavy atom. The quantitative estimate of drug-likeness (QED) is 0.441. The minimum atomic E-state index is -0.438. The van der Waals surface area contributed by atoms with Gasteiger partial charge < -0.3 is 20.3 Å². The van der Waals surface area contributed by atoms with Crippen LogP contribution in [0.15, 0.2) is 23.1 Å². The zero-order valence-corrected chi connectivity index (χ0v) is 17.8. The van der Waals surface area contributed by atoms with E-state index in [1.54, 1.807) is 6.07 Å². The van der Waals surface area contributed by atoms with E-state index in [0.29, 0.717) is 0 Å². The van der Waals surface area contributed by atoms with Crippen LogP contribution in [0.3, 0.4) is 0 Å². The van der Waals surface area contributed by atoms with Crippen LogP contribution in [-0.4, -0.2) is 60.8 Å². The number of hydrogen-bond acceptors (Lipinski definition) is 6. The van der Waals surface area contributed by atoms with Crippen molar-refractivity contribution in [3.63, 3.8) is 0 Å². The van der Waals surface area contributed by atoms with Crippen molar-refractivity contribution in [1.82, 2.24) is 14.5 Å². The number of nitrogens with two attached hydrogens (primary N) is 1. The van der Waals surface area contributed by atoms with E-state index in [4.69, 9.17) is 10.5 Å². The number of piperidine rings is 1. The van der Waals surface area contributed by atoms with Crippen LogP contribution in [0.4, 0.5) is 14.9 Å². The lowest BCUT2D eigenvalue weighted by atomic mass is 9.72. The molecule has 0 aromatic heterocycles. The number of nitrogens with zero attached hydrogens (tertiary/aromatic N) is 2. The fourth-order valence-electron chi connectivity index (χ4n) is 3.70. The highest BCUT2D eigenvalue weighted by Crippen LogP contribution is 2.40. The summed E-state index contributed by atoms with van der Waals surface area (Å²) >= 11 is 1.42. The van der Waals surface area contributed by atoms with E-state index in [2.05, 4.69) is 9.62 Å². The Labute approximate surface area is 171 Å². The number of benzene rings is 1. The van der Waals surface area contributed by atoms with Crippen LogP contribution in [0, 0.1) is 11.2 Å². The molecular weight excluding hydrogens is 379 g/mol. The van der Waals surface area contributed by atoms with Crippen LogP contribution >= 0.6 is 11.9 Å². The molecule has 2 aliphatic rings. The number of likely N-dealkylation sites (tertiary alicyclic amines) is 2. The number of ether oxygens (including phenoxy) is 1. The number of hydrogen-bond donors (Lipinski definition) is 2. The smallest absolute Gasteiger partial charge is 0.410 e. The molecule has 28 heavy (non-hydrogen) atoms. The van der Waals surface area contributed by atoms with Gasteiger partial charge in [-0.1, -0.05) is 0 Å². The number of carbonyl (C=O) groups excluding carboxylic acids is 1. The van der Waals surface area contributed by atoms with Gasteiger partial charge >= 0.3 is 6.09 Å². The molecule has 0 aliphatic carbocycles. The second-order valence-electron chi connectivity index (χ2n) is 8.86. The van der Waals surface area contributed by atoms with Gasteiger partial charge in [-0.15, -0.1) is 0 Å². The lowest BCUT2D eigenvalue weighted by Gasteiger charge is -2.53. The molecule has 0 bridgehead atoms. The highest BCUT2D eigenvalue weighted by molar-refractivity contribution is 7.97. The van der Waals surface area contributed by atoms with Crippen molar-refractivity contribution in [3.05, 3.63) is 24.0 Å². The summed E-state index contributed by atoms with van der Waals surface area (Å²) in [5.41, 5.74) is 5.50. The van der Waals surface area contributed by atoms with Crippen molar-refractivity contribution in [1.29, 1.82) is 0 Å². The first-order valence-corrected chi connectivity index (χ1v) is 10.6. The monoisotopic (exact) mass is 410 g/mol. The highest BCUT2D eigenvalue weighted by atomic mass is 32.2. The first kappa shape index (κ1) is 21.2. The maximum Gasteiger partial charge on any atom is 0.410 e. The number of nitrogen functional groups attached to an aromatic ring is 1. The molecule has 1 spiro atoms. The van der Waals surface area contributed by atoms with E-state index in [1.807, 2.05) is 31.7 Å². The Morgan fingerprint density at radius 3 is 2.61 bits per heavy atom. The maximum atomic E-state index is 13.4. The van der Waals surface area contributed by atoms with Crippen molar-refractivity contribution >= 4 is 23.7 Å². The van der Waals surface area contributed by atoms with E-state index in [0.717, 1.165) is 57.0 Å². The number of amides is 1. The van der Waals surface area contributed by atoms with Gasteiger partial charge in [0.05, 0.1) is 5.69 Å². The number of carbonyl (C=O) groups is 1. The van der Waals surface area contributed by atoms with Crippen molar-refractivity contribution in [2.45, 2.75) is 44.1 Å². The third-order valence-corrected chi connectivity index (χ3v) is 6.15. The molecule has 2 heterocycles. The molecule has 6 nitrogen and oxygen atoms in total. The summed E-state index contributed by atoms with van der Waals surface area (Å²) in [6.07, 6.45) is 2.03. The molecule has 2 aliphatic heterocycles. The maximum absolute atomic E-state index is 13.4. The molecule has 2 fully saturated rings. The number of anilines is 1. The van der Waals surface area contributed by atoms with Crippen LogP contribution in [0.5, 0.6) is 0 Å². The van der Waals surface area contributed by atoms with Crippen LogP contribution < -0.4 is 10.5 Å². The number of rotatable bonds is 5. The van der Waals surface area contributed by atoms with Gasteiger partial charge in [-0.3, -0.25) is 4.72 Å². The predicted molar refractivity (Wildman–Crippen MR) is 111 cm³/mol. The molecule has 156 valence electrons. The highest BCUT2D eigenvalue weighted by Gasteiger charge is 2.47. The molecule has 1 aromatic carbocycles. The van der Waals surface area contributed by atoms with E-state index in [9.17, 15) is 9.18 Å². The molecule has 8 heteroatoms. The average Bonchev–Trinajstić information content (AvgIpc) is 2.59. The standard InChI is InChI=1S/C20H31FN4O2S/c1-19(2,3)27-18(26)25-13-20(14-25)6-9-24(10-7-20)11-8-23-28-15-4-5-17(22)16(21)12-15/h4-5,12,23H,6-11,13-14,22H2,1-3H3. The summed E-state index contributed by atoms with van der Waals surface area (Å²) in [6, 6.07) is 4.85. The van der Waals surface area contributed by atoms with Gasteiger partial charge in [0.15, 0.2) is 0 Å². The Hall–Kier alpha value is -1.51. The summed E-state index contributed by atoms with van der Waals surface area (Å²) < 4.78 is 22.2. The molecule has 1 amide bonds. The molecule has 1 aromatic rings. The van der Waals surface area contributed by atoms with Crippen LogP contribution in [0.1, 0.15) is 33.6 Å². The fraction of sp³-hybridized carbons (Fsp3) is 0.650. The minimum Gasteiger partial charge on any atom is -0.444 e. The van der Waals surface area contributed by atoms with E-state index in [-0.39, 0.29) is 23.0 Å². The largest absolute Gasteiger partial charge is 0.444 e. The molecule has 3 rings (SSSR count). The zero-order chi connectivity index (χ0) is 20.4. The third-order valence-electron chi connectivity index (χ3n) is 5.31. The second-order valence-corrected chi connectivity index (χ2v) is 9.82. The van der Waals surface area contributed by atoms with Gasteiger partial charge in [-0.2, -0.15) is 0 Å². The van der Waals surface area contributed by atoms with Crippen molar-refractivity contribution in [2.24, 2.45) is 5.41 Å². The molecule has 0 unspecified atom stereocenters. The van der Waals surface area contributed by atoms with Gasteiger partial charge in [0.2, 0.25) is 0 Å². The van der Waals surface area contributed by atoms with Crippen molar-refractivity contribution in [2.75, 3.05) is 45.0 Å². The van der Waals surface area contributed by atoms with Crippen LogP contribution in [0.2, 0.25) is 0 Å². The van der Waals surface area contributed by atoms with Gasteiger partial charge in [0.1, 0.15) is 11.4 Å². The van der Waals surface area contributed by atoms with Gasteiger partial charge in [-0.25, -0.2) is 9.18 Å². The topological polar surface area (TPSA) is 70.8 Å². The third kappa shape index (κ3) is 5.52. The van der Waals surface area contributed by atoms with Crippen molar-refractivity contribution < 1.29 is 13.9 Å². The molecule has 0 radical (unpaired) electrons. The van der Waals surface area contributed by atoms with Crippen LogP contribution in [0.25, 0.3) is 0 Å². The van der Waals surface area contributed by atoms with Gasteiger partial charge in [0, 0.05) is 36.5 Å². The molecule has 2 saturated heterocycles. The van der Waals surface area contributed by atoms with Crippen LogP contribution in [-0.2, 0) is 4.74 Å². The molecule has 0 saturated carbocycles. The summed E-state index contributed by atoms with van der Waals surface area (Å²) in [5, 5.41) is 0. The molecule has 0 atom stereocenters. The Kier molecular flexibility index (Phi) is 6.41. The summed E-state index contributed by atoms with van der Waals surface area (Å²) in [7, 11) is 0. The van der Waals surface area contributed by atoms with Gasteiger partial charge in [-0.05, 0) is 76.8 Å². The van der Waals surface area contributed by atoms with E-state index < -0.39 is 5.60 Å². The summed E-state index contributed by atoms with van der Waals surface area (Å²) in [4.78, 5) is 17.2. The van der Waals surface area contributed by atoms with Crippen molar-refractivity contribution in [3.8, 4) is 0 Å². The number of nitrogens with one attached hydrogen (secondary N) is 1. The second kappa shape index (κ2) is 8.47. The van der Waals surface area contributed by atoms with E-state index >= 15 is 0 Å². The summed E-state index contributed by atoms with van der Waals surface area (Å²) in [6.45, 7) is 11.2. The van der Waals surface area contributed by atoms with Gasteiger partial charge in [0.25, 0.3) is 0 Å². The normalized spacial score (nSPS) is 19.5. The fourth-order valence-corrected chi connectivity index (χ4v) is 4.35. The lowest BCUT2D eigenvalue weighted by molar-refractivity contribution is -0.0589. The Bertz CT molecular complexity index is 694. The Morgan fingerprint density at radius 2 is 2.00 bits per heavy atom. The predicted octanol–water partition coefficient (Wildman–Crippen LogP) is 3.34. The first-order chi connectivity index (χ1) is 13.2.